The van der Waals surface area contributed by atoms with Crippen LogP contribution in [0, 0.1) is 5.82 Å². The molecule has 1 aromatic rings. The van der Waals surface area contributed by atoms with Gasteiger partial charge in [0.05, 0.1) is 6.61 Å². The maximum Gasteiger partial charge on any atom is 0.221 e. The third-order valence-corrected chi connectivity index (χ3v) is 2.45. The van der Waals surface area contributed by atoms with E-state index >= 15 is 0 Å². The summed E-state index contributed by atoms with van der Waals surface area (Å²) in [6, 6.07) is 5.78. The van der Waals surface area contributed by atoms with Crippen molar-refractivity contribution in [3.63, 3.8) is 0 Å². The molecule has 20 heavy (non-hydrogen) atoms. The van der Waals surface area contributed by atoms with Crippen molar-refractivity contribution in [1.82, 2.24) is 10.6 Å². The van der Waals surface area contributed by atoms with Crippen molar-refractivity contribution in [3.05, 3.63) is 30.1 Å². The molecule has 0 radical (unpaired) electrons. The summed E-state index contributed by atoms with van der Waals surface area (Å²) in [6.45, 7) is 2.69. The zero-order valence-electron chi connectivity index (χ0n) is 11.4. The van der Waals surface area contributed by atoms with Crippen LogP contribution in [0.3, 0.4) is 0 Å². The first-order chi connectivity index (χ1) is 9.58. The van der Waals surface area contributed by atoms with Gasteiger partial charge in [0.25, 0.3) is 0 Å². The second-order valence-electron chi connectivity index (χ2n) is 4.24. The van der Waals surface area contributed by atoms with Crippen LogP contribution in [-0.2, 0) is 9.59 Å². The smallest absolute Gasteiger partial charge is 0.221 e. The predicted molar refractivity (Wildman–Crippen MR) is 72.8 cm³/mol. The lowest BCUT2D eigenvalue weighted by molar-refractivity contribution is -0.121. The first kappa shape index (κ1) is 15.9. The molecule has 0 fully saturated rings. The zero-order chi connectivity index (χ0) is 14.8. The van der Waals surface area contributed by atoms with Crippen molar-refractivity contribution >= 4 is 11.8 Å². The molecule has 2 N–H and O–H groups in total. The van der Waals surface area contributed by atoms with Crippen molar-refractivity contribution < 1.29 is 18.7 Å². The first-order valence-electron chi connectivity index (χ1n) is 6.47. The Morgan fingerprint density at radius 1 is 1.15 bits per heavy atom. The average molecular weight is 282 g/mol. The van der Waals surface area contributed by atoms with Crippen molar-refractivity contribution in [1.29, 1.82) is 0 Å². The third kappa shape index (κ3) is 7.35. The van der Waals surface area contributed by atoms with Crippen LogP contribution < -0.4 is 15.4 Å². The molecule has 0 heterocycles. The summed E-state index contributed by atoms with van der Waals surface area (Å²) >= 11 is 0. The highest BCUT2D eigenvalue weighted by atomic mass is 19.1. The fourth-order valence-corrected chi connectivity index (χ4v) is 1.46. The van der Waals surface area contributed by atoms with Gasteiger partial charge in [0.15, 0.2) is 0 Å². The molecule has 0 atom stereocenters. The number of nitrogens with one attached hydrogen (secondary N) is 2. The second-order valence-corrected chi connectivity index (χ2v) is 4.24. The van der Waals surface area contributed by atoms with Gasteiger partial charge in [-0.15, -0.1) is 0 Å². The number of rotatable bonds is 8. The number of carbonyl (C=O) groups is 2. The van der Waals surface area contributed by atoms with Gasteiger partial charge in [-0.3, -0.25) is 9.59 Å². The van der Waals surface area contributed by atoms with Gasteiger partial charge in [-0.2, -0.15) is 0 Å². The highest BCUT2D eigenvalue weighted by Gasteiger charge is 2.01. The van der Waals surface area contributed by atoms with Crippen LogP contribution >= 0.6 is 0 Å². The Bertz CT molecular complexity index is 435. The van der Waals surface area contributed by atoms with E-state index in [9.17, 15) is 14.0 Å². The lowest BCUT2D eigenvalue weighted by atomic mass is 10.3. The summed E-state index contributed by atoms with van der Waals surface area (Å²) in [4.78, 5) is 21.9. The van der Waals surface area contributed by atoms with E-state index in [0.717, 1.165) is 0 Å². The van der Waals surface area contributed by atoms with Crippen LogP contribution in [0.5, 0.6) is 5.75 Å². The molecule has 1 rings (SSSR count). The molecule has 0 aliphatic carbocycles. The van der Waals surface area contributed by atoms with E-state index in [2.05, 4.69) is 10.6 Å². The summed E-state index contributed by atoms with van der Waals surface area (Å²) in [5, 5.41) is 5.27. The fourth-order valence-electron chi connectivity index (χ4n) is 1.46. The van der Waals surface area contributed by atoms with Gasteiger partial charge < -0.3 is 15.4 Å². The van der Waals surface area contributed by atoms with Crippen molar-refractivity contribution in [2.45, 2.75) is 19.8 Å². The van der Waals surface area contributed by atoms with Gasteiger partial charge in [-0.1, -0.05) is 0 Å². The number of ether oxygens (including phenoxy) is 1. The molecule has 0 saturated carbocycles. The largest absolute Gasteiger partial charge is 0.494 e. The van der Waals surface area contributed by atoms with E-state index in [0.29, 0.717) is 31.9 Å². The van der Waals surface area contributed by atoms with Gasteiger partial charge in [-0.25, -0.2) is 4.39 Å². The van der Waals surface area contributed by atoms with Crippen LogP contribution in [0.25, 0.3) is 0 Å². The lowest BCUT2D eigenvalue weighted by Crippen LogP contribution is -2.30. The molecule has 2 amide bonds. The van der Waals surface area contributed by atoms with E-state index in [1.165, 1.54) is 19.1 Å². The number of hydrogen-bond acceptors (Lipinski definition) is 3. The summed E-state index contributed by atoms with van der Waals surface area (Å²) in [6.07, 6.45) is 0.918. The Balaban J connectivity index is 2.02. The van der Waals surface area contributed by atoms with E-state index in [1.807, 2.05) is 0 Å². The highest BCUT2D eigenvalue weighted by molar-refractivity contribution is 5.77. The zero-order valence-corrected chi connectivity index (χ0v) is 11.4. The molecule has 5 nitrogen and oxygen atoms in total. The molecule has 0 aromatic heterocycles. The topological polar surface area (TPSA) is 67.4 Å². The van der Waals surface area contributed by atoms with Crippen LogP contribution in [0.2, 0.25) is 0 Å². The number of carbonyl (C=O) groups excluding carboxylic acids is 2. The minimum Gasteiger partial charge on any atom is -0.494 e. The maximum absolute atomic E-state index is 12.6. The molecule has 0 unspecified atom stereocenters. The van der Waals surface area contributed by atoms with E-state index in [4.69, 9.17) is 4.74 Å². The first-order valence-corrected chi connectivity index (χ1v) is 6.47. The molecule has 1 aromatic carbocycles. The Kier molecular flexibility index (Phi) is 7.10. The lowest BCUT2D eigenvalue weighted by Gasteiger charge is -2.07. The summed E-state index contributed by atoms with van der Waals surface area (Å²) in [7, 11) is 0. The van der Waals surface area contributed by atoms with Crippen LogP contribution in [-0.4, -0.2) is 31.5 Å². The number of benzene rings is 1. The Morgan fingerprint density at radius 3 is 2.50 bits per heavy atom. The molecule has 0 bridgehead atoms. The van der Waals surface area contributed by atoms with E-state index in [1.54, 1.807) is 12.1 Å². The normalized spacial score (nSPS) is 9.90. The fraction of sp³-hybridized carbons (Fsp3) is 0.429. The van der Waals surface area contributed by atoms with Gasteiger partial charge in [0, 0.05) is 26.4 Å². The SMILES string of the molecule is CC(=O)NCCC(=O)NCCCOc1ccc(F)cc1. The van der Waals surface area contributed by atoms with Crippen molar-refractivity contribution in [2.24, 2.45) is 0 Å². The maximum atomic E-state index is 12.6. The Hall–Kier alpha value is -2.11. The number of halogens is 1. The standard InChI is InChI=1S/C14H19FN2O3/c1-11(18)16-9-7-14(19)17-8-2-10-20-13-5-3-12(15)4-6-13/h3-6H,2,7-10H2,1H3,(H,16,18)(H,17,19). The minimum atomic E-state index is -0.302. The minimum absolute atomic E-state index is 0.111. The summed E-state index contributed by atoms with van der Waals surface area (Å²) < 4.78 is 18.0. The second kappa shape index (κ2) is 8.90. The van der Waals surface area contributed by atoms with Crippen LogP contribution in [0.4, 0.5) is 4.39 Å². The molecular weight excluding hydrogens is 263 g/mol. The third-order valence-electron chi connectivity index (χ3n) is 2.45. The highest BCUT2D eigenvalue weighted by Crippen LogP contribution is 2.10. The predicted octanol–water partition coefficient (Wildman–Crippen LogP) is 1.24. The van der Waals surface area contributed by atoms with Crippen molar-refractivity contribution in [3.8, 4) is 5.75 Å². The molecule has 6 heteroatoms. The van der Waals surface area contributed by atoms with Gasteiger partial charge in [-0.05, 0) is 30.7 Å². The quantitative estimate of drug-likeness (QED) is 0.705. The van der Waals surface area contributed by atoms with Gasteiger partial charge in [0.2, 0.25) is 11.8 Å². The Morgan fingerprint density at radius 2 is 1.85 bits per heavy atom. The summed E-state index contributed by atoms with van der Waals surface area (Å²) in [5.41, 5.74) is 0. The van der Waals surface area contributed by atoms with Gasteiger partial charge in [0.1, 0.15) is 11.6 Å². The van der Waals surface area contributed by atoms with E-state index < -0.39 is 0 Å². The van der Waals surface area contributed by atoms with Crippen LogP contribution in [0.1, 0.15) is 19.8 Å². The Labute approximate surface area is 117 Å². The molecular formula is C14H19FN2O3. The summed E-state index contributed by atoms with van der Waals surface area (Å²) in [5.74, 6) is 0.0400. The molecule has 0 spiro atoms. The molecule has 0 aliphatic rings. The van der Waals surface area contributed by atoms with Crippen LogP contribution in [0.15, 0.2) is 24.3 Å². The van der Waals surface area contributed by atoms with E-state index in [-0.39, 0.29) is 24.1 Å². The average Bonchev–Trinajstić information content (AvgIpc) is 2.40. The molecule has 110 valence electrons. The number of amides is 2. The monoisotopic (exact) mass is 282 g/mol. The number of hydrogen-bond donors (Lipinski definition) is 2. The molecule has 0 saturated heterocycles. The van der Waals surface area contributed by atoms with Gasteiger partial charge >= 0.3 is 0 Å². The van der Waals surface area contributed by atoms with Crippen molar-refractivity contribution in [2.75, 3.05) is 19.7 Å². The molecule has 0 aliphatic heterocycles.